The van der Waals surface area contributed by atoms with Gasteiger partial charge in [-0.3, -0.25) is 9.59 Å². The zero-order chi connectivity index (χ0) is 21.1. The lowest BCUT2D eigenvalue weighted by molar-refractivity contribution is -0.140. The number of carbonyl (C=O) groups excluding carboxylic acids is 2. The molecule has 1 atom stereocenters. The van der Waals surface area contributed by atoms with E-state index in [0.29, 0.717) is 37.6 Å². The fourth-order valence-electron chi connectivity index (χ4n) is 2.88. The molecule has 1 N–H and O–H groups in total. The Morgan fingerprint density at radius 2 is 1.90 bits per heavy atom. The number of carbonyl (C=O) groups is 2. The molecule has 0 unspecified atom stereocenters. The van der Waals surface area contributed by atoms with Crippen molar-refractivity contribution in [2.75, 3.05) is 13.2 Å². The third-order valence-corrected chi connectivity index (χ3v) is 4.74. The van der Waals surface area contributed by atoms with Crippen LogP contribution in [0.5, 0.6) is 5.75 Å². The lowest BCUT2D eigenvalue weighted by atomic mass is 10.1. The van der Waals surface area contributed by atoms with Gasteiger partial charge in [0, 0.05) is 24.5 Å². The fraction of sp³-hybridized carbons (Fsp3) is 0.391. The maximum atomic E-state index is 12.9. The molecule has 0 spiro atoms. The van der Waals surface area contributed by atoms with Crippen molar-refractivity contribution in [1.82, 2.24) is 10.2 Å². The Balaban J connectivity index is 1.98. The molecule has 156 valence electrons. The SMILES string of the molecule is CCCNC(=O)[C@@H](C)N(Cc1cccc(Cl)c1)C(=O)CCCOc1ccccc1. The molecule has 6 heteroatoms. The average molecular weight is 417 g/mol. The van der Waals surface area contributed by atoms with E-state index in [1.165, 1.54) is 0 Å². The number of rotatable bonds is 11. The molecular formula is C23H29ClN2O3. The van der Waals surface area contributed by atoms with E-state index in [4.69, 9.17) is 16.3 Å². The van der Waals surface area contributed by atoms with Gasteiger partial charge in [0.05, 0.1) is 6.61 Å². The van der Waals surface area contributed by atoms with Gasteiger partial charge >= 0.3 is 0 Å². The maximum absolute atomic E-state index is 12.9. The predicted octanol–water partition coefficient (Wildman–Crippen LogP) is 4.44. The molecule has 0 saturated heterocycles. The fourth-order valence-corrected chi connectivity index (χ4v) is 3.10. The minimum atomic E-state index is -0.567. The zero-order valence-corrected chi connectivity index (χ0v) is 17.8. The number of hydrogen-bond donors (Lipinski definition) is 1. The van der Waals surface area contributed by atoms with E-state index in [1.54, 1.807) is 17.9 Å². The summed E-state index contributed by atoms with van der Waals surface area (Å²) in [6.45, 7) is 5.12. The maximum Gasteiger partial charge on any atom is 0.242 e. The Morgan fingerprint density at radius 3 is 2.59 bits per heavy atom. The Hall–Kier alpha value is -2.53. The second-order valence-electron chi connectivity index (χ2n) is 6.88. The van der Waals surface area contributed by atoms with E-state index in [0.717, 1.165) is 17.7 Å². The molecule has 2 aromatic carbocycles. The molecule has 0 heterocycles. The van der Waals surface area contributed by atoms with Crippen LogP contribution in [-0.2, 0) is 16.1 Å². The first-order chi connectivity index (χ1) is 14.0. The number of amides is 2. The first-order valence-electron chi connectivity index (χ1n) is 10.0. The molecule has 0 fully saturated rings. The monoisotopic (exact) mass is 416 g/mol. The molecule has 0 aliphatic rings. The van der Waals surface area contributed by atoms with Gasteiger partial charge in [0.15, 0.2) is 0 Å². The van der Waals surface area contributed by atoms with Crippen LogP contribution in [-0.4, -0.2) is 35.9 Å². The van der Waals surface area contributed by atoms with Crippen LogP contribution in [0, 0.1) is 0 Å². The molecule has 0 radical (unpaired) electrons. The van der Waals surface area contributed by atoms with E-state index in [2.05, 4.69) is 5.32 Å². The van der Waals surface area contributed by atoms with Crippen LogP contribution in [0.25, 0.3) is 0 Å². The van der Waals surface area contributed by atoms with Crippen molar-refractivity contribution >= 4 is 23.4 Å². The number of benzene rings is 2. The molecule has 5 nitrogen and oxygen atoms in total. The molecule has 0 saturated carbocycles. The van der Waals surface area contributed by atoms with E-state index < -0.39 is 6.04 Å². The van der Waals surface area contributed by atoms with E-state index >= 15 is 0 Å². The third-order valence-electron chi connectivity index (χ3n) is 4.51. The van der Waals surface area contributed by atoms with Gasteiger partial charge in [-0.15, -0.1) is 0 Å². The van der Waals surface area contributed by atoms with Gasteiger partial charge in [-0.25, -0.2) is 0 Å². The van der Waals surface area contributed by atoms with Crippen molar-refractivity contribution in [1.29, 1.82) is 0 Å². The molecule has 2 aromatic rings. The Bertz CT molecular complexity index is 783. The lowest BCUT2D eigenvalue weighted by Crippen LogP contribution is -2.47. The molecule has 0 aromatic heterocycles. The number of halogens is 1. The van der Waals surface area contributed by atoms with Crippen molar-refractivity contribution in [3.8, 4) is 5.75 Å². The van der Waals surface area contributed by atoms with E-state index in [9.17, 15) is 9.59 Å². The highest BCUT2D eigenvalue weighted by Crippen LogP contribution is 2.16. The van der Waals surface area contributed by atoms with Gasteiger partial charge in [0.2, 0.25) is 11.8 Å². The van der Waals surface area contributed by atoms with Crippen molar-refractivity contribution in [2.24, 2.45) is 0 Å². The first-order valence-corrected chi connectivity index (χ1v) is 10.4. The third kappa shape index (κ3) is 7.78. The summed E-state index contributed by atoms with van der Waals surface area (Å²) in [5.74, 6) is 0.548. The highest BCUT2D eigenvalue weighted by molar-refractivity contribution is 6.30. The van der Waals surface area contributed by atoms with Crippen LogP contribution in [0.2, 0.25) is 5.02 Å². The summed E-state index contributed by atoms with van der Waals surface area (Å²) in [5, 5.41) is 3.48. The van der Waals surface area contributed by atoms with Gasteiger partial charge in [-0.2, -0.15) is 0 Å². The van der Waals surface area contributed by atoms with Gasteiger partial charge < -0.3 is 15.0 Å². The van der Waals surface area contributed by atoms with Gasteiger partial charge in [0.25, 0.3) is 0 Å². The van der Waals surface area contributed by atoms with Crippen LogP contribution in [0.4, 0.5) is 0 Å². The Labute approximate surface area is 178 Å². The van der Waals surface area contributed by atoms with Crippen molar-refractivity contribution < 1.29 is 14.3 Å². The lowest BCUT2D eigenvalue weighted by Gasteiger charge is -2.29. The van der Waals surface area contributed by atoms with Gasteiger partial charge in [-0.05, 0) is 49.6 Å². The van der Waals surface area contributed by atoms with Crippen molar-refractivity contribution in [3.05, 3.63) is 65.2 Å². The number of nitrogens with zero attached hydrogens (tertiary/aromatic N) is 1. The number of nitrogens with one attached hydrogen (secondary N) is 1. The number of hydrogen-bond acceptors (Lipinski definition) is 3. The van der Waals surface area contributed by atoms with Crippen molar-refractivity contribution in [3.63, 3.8) is 0 Å². The zero-order valence-electron chi connectivity index (χ0n) is 17.1. The summed E-state index contributed by atoms with van der Waals surface area (Å²) in [5.41, 5.74) is 0.890. The average Bonchev–Trinajstić information content (AvgIpc) is 2.73. The quantitative estimate of drug-likeness (QED) is 0.551. The highest BCUT2D eigenvalue weighted by Gasteiger charge is 2.25. The second-order valence-corrected chi connectivity index (χ2v) is 7.32. The second kappa shape index (κ2) is 12.1. The standard InChI is InChI=1S/C23H29ClN2O3/c1-3-14-25-23(28)18(2)26(17-19-9-7-10-20(24)16-19)22(27)13-8-15-29-21-11-5-4-6-12-21/h4-7,9-12,16,18H,3,8,13-15,17H2,1-2H3,(H,25,28)/t18-/m1/s1. The largest absolute Gasteiger partial charge is 0.494 e. The van der Waals surface area contributed by atoms with Crippen molar-refractivity contribution in [2.45, 2.75) is 45.7 Å². The summed E-state index contributed by atoms with van der Waals surface area (Å²) in [4.78, 5) is 27.0. The summed E-state index contributed by atoms with van der Waals surface area (Å²) in [7, 11) is 0. The summed E-state index contributed by atoms with van der Waals surface area (Å²) in [6.07, 6.45) is 1.72. The highest BCUT2D eigenvalue weighted by atomic mass is 35.5. The number of para-hydroxylation sites is 1. The first kappa shape index (κ1) is 22.8. The molecular weight excluding hydrogens is 388 g/mol. The molecule has 2 rings (SSSR count). The van der Waals surface area contributed by atoms with Gasteiger partial charge in [-0.1, -0.05) is 48.9 Å². The Kier molecular flexibility index (Phi) is 9.51. The smallest absolute Gasteiger partial charge is 0.242 e. The summed E-state index contributed by atoms with van der Waals surface area (Å²) in [6, 6.07) is 16.3. The van der Waals surface area contributed by atoms with Crippen LogP contribution in [0.15, 0.2) is 54.6 Å². The summed E-state index contributed by atoms with van der Waals surface area (Å²) >= 11 is 6.08. The van der Waals surface area contributed by atoms with Crippen LogP contribution in [0.3, 0.4) is 0 Å². The van der Waals surface area contributed by atoms with Gasteiger partial charge in [0.1, 0.15) is 11.8 Å². The molecule has 29 heavy (non-hydrogen) atoms. The molecule has 0 aliphatic carbocycles. The molecule has 0 aliphatic heterocycles. The van der Waals surface area contributed by atoms with Crippen LogP contribution in [0.1, 0.15) is 38.7 Å². The normalized spacial score (nSPS) is 11.6. The number of ether oxygens (including phenoxy) is 1. The van der Waals surface area contributed by atoms with E-state index in [-0.39, 0.29) is 11.8 Å². The van der Waals surface area contributed by atoms with E-state index in [1.807, 2.05) is 55.5 Å². The topological polar surface area (TPSA) is 58.6 Å². The Morgan fingerprint density at radius 1 is 1.14 bits per heavy atom. The van der Waals surface area contributed by atoms with Crippen LogP contribution < -0.4 is 10.1 Å². The summed E-state index contributed by atoms with van der Waals surface area (Å²) < 4.78 is 5.66. The minimum absolute atomic E-state index is 0.0826. The molecule has 2 amide bonds. The van der Waals surface area contributed by atoms with Crippen LogP contribution >= 0.6 is 11.6 Å². The minimum Gasteiger partial charge on any atom is -0.494 e. The predicted molar refractivity (Wildman–Crippen MR) is 116 cm³/mol. The molecule has 0 bridgehead atoms.